The largest absolute Gasteiger partial charge is 0.444 e. The van der Waals surface area contributed by atoms with Gasteiger partial charge in [0.05, 0.1) is 17.5 Å². The van der Waals surface area contributed by atoms with E-state index < -0.39 is 23.6 Å². The molecule has 27 heavy (non-hydrogen) atoms. The van der Waals surface area contributed by atoms with Crippen LogP contribution in [0.4, 0.5) is 4.79 Å². The fourth-order valence-electron chi connectivity index (χ4n) is 2.18. The van der Waals surface area contributed by atoms with E-state index >= 15 is 0 Å². The molecule has 0 spiro atoms. The zero-order valence-corrected chi connectivity index (χ0v) is 18.0. The molecule has 1 rings (SSSR count). The van der Waals surface area contributed by atoms with Gasteiger partial charge in [-0.15, -0.1) is 11.6 Å². The van der Waals surface area contributed by atoms with Crippen LogP contribution in [0.2, 0.25) is 0 Å². The van der Waals surface area contributed by atoms with Gasteiger partial charge in [-0.2, -0.15) is 0 Å². The van der Waals surface area contributed by atoms with E-state index in [1.807, 2.05) is 0 Å². The van der Waals surface area contributed by atoms with E-state index in [0.29, 0.717) is 36.0 Å². The molecule has 150 valence electrons. The lowest BCUT2D eigenvalue weighted by Gasteiger charge is -2.20. The van der Waals surface area contributed by atoms with Crippen LogP contribution in [0.15, 0.2) is 22.9 Å². The van der Waals surface area contributed by atoms with Crippen molar-refractivity contribution in [2.75, 3.05) is 12.4 Å². The van der Waals surface area contributed by atoms with E-state index in [2.05, 4.69) is 31.5 Å². The number of alkyl halides is 1. The van der Waals surface area contributed by atoms with Gasteiger partial charge in [0.2, 0.25) is 0 Å². The van der Waals surface area contributed by atoms with Crippen LogP contribution < -0.4 is 10.6 Å². The quantitative estimate of drug-likeness (QED) is 0.333. The summed E-state index contributed by atoms with van der Waals surface area (Å²) in [6, 6.07) is 2.56. The Hall–Kier alpha value is -1.67. The van der Waals surface area contributed by atoms with Crippen LogP contribution >= 0.6 is 27.5 Å². The number of halogens is 2. The zero-order chi connectivity index (χ0) is 20.4. The molecule has 0 aromatic carbocycles. The number of carbonyl (C=O) groups is 3. The lowest BCUT2D eigenvalue weighted by molar-refractivity contribution is -0.118. The molecule has 2 N–H and O–H groups in total. The molecule has 0 bridgehead atoms. The molecular formula is C18H25BrClN3O4. The van der Waals surface area contributed by atoms with Crippen molar-refractivity contribution in [3.05, 3.63) is 28.5 Å². The van der Waals surface area contributed by atoms with E-state index in [4.69, 9.17) is 16.3 Å². The third-order valence-corrected chi connectivity index (χ3v) is 4.31. The number of alkyl carbamates (subject to hydrolysis) is 1. The first-order valence-electron chi connectivity index (χ1n) is 8.61. The number of hydrogen-bond donors (Lipinski definition) is 2. The number of amides is 2. The van der Waals surface area contributed by atoms with Gasteiger partial charge in [0.1, 0.15) is 10.2 Å². The van der Waals surface area contributed by atoms with Gasteiger partial charge in [0.25, 0.3) is 5.91 Å². The maximum Gasteiger partial charge on any atom is 0.407 e. The number of rotatable bonds is 9. The maximum atomic E-state index is 12.4. The Morgan fingerprint density at radius 3 is 2.59 bits per heavy atom. The Labute approximate surface area is 172 Å². The number of hydrogen-bond acceptors (Lipinski definition) is 5. The lowest BCUT2D eigenvalue weighted by atomic mass is 10.1. The van der Waals surface area contributed by atoms with Gasteiger partial charge in [-0.1, -0.05) is 0 Å². The van der Waals surface area contributed by atoms with Gasteiger partial charge in [-0.25, -0.2) is 9.78 Å². The molecule has 0 aliphatic rings. The van der Waals surface area contributed by atoms with Gasteiger partial charge in [0, 0.05) is 12.7 Å². The second kappa shape index (κ2) is 11.2. The first-order chi connectivity index (χ1) is 12.6. The molecule has 1 aromatic heterocycles. The minimum atomic E-state index is -0.691. The van der Waals surface area contributed by atoms with Crippen LogP contribution in [0.1, 0.15) is 50.4 Å². The van der Waals surface area contributed by atoms with Gasteiger partial charge in [-0.05, 0) is 68.1 Å². The number of carbonyl (C=O) groups excluding carboxylic acids is 3. The highest BCUT2D eigenvalue weighted by atomic mass is 79.9. The number of nitrogens with zero attached hydrogens (tertiary/aromatic N) is 1. The van der Waals surface area contributed by atoms with Gasteiger partial charge >= 0.3 is 6.09 Å². The maximum absolute atomic E-state index is 12.4. The second-order valence-electron chi connectivity index (χ2n) is 6.89. The molecule has 0 radical (unpaired) electrons. The normalized spacial score (nSPS) is 12.2. The topological polar surface area (TPSA) is 97.4 Å². The number of Topliss-reactive ketones (excluding diaryl/α,β-unsaturated/α-hetero) is 1. The number of ether oxygens (including phenoxy) is 1. The molecular weight excluding hydrogens is 438 g/mol. The van der Waals surface area contributed by atoms with E-state index in [9.17, 15) is 14.4 Å². The molecule has 7 nitrogen and oxygen atoms in total. The highest BCUT2D eigenvalue weighted by molar-refractivity contribution is 9.10. The van der Waals surface area contributed by atoms with Crippen molar-refractivity contribution in [1.82, 2.24) is 15.6 Å². The molecule has 0 aliphatic carbocycles. The molecule has 2 amide bonds. The number of aromatic nitrogens is 1. The third kappa shape index (κ3) is 9.19. The fourth-order valence-corrected chi connectivity index (χ4v) is 2.79. The van der Waals surface area contributed by atoms with Gasteiger partial charge in [0.15, 0.2) is 5.78 Å². The van der Waals surface area contributed by atoms with Crippen molar-refractivity contribution in [3.63, 3.8) is 0 Å². The summed E-state index contributed by atoms with van der Waals surface area (Å²) in [4.78, 5) is 40.0. The van der Waals surface area contributed by atoms with Crippen molar-refractivity contribution in [3.8, 4) is 0 Å². The highest BCUT2D eigenvalue weighted by Crippen LogP contribution is 2.13. The van der Waals surface area contributed by atoms with Crippen LogP contribution in [0.3, 0.4) is 0 Å². The van der Waals surface area contributed by atoms with Crippen molar-refractivity contribution in [2.24, 2.45) is 0 Å². The molecule has 0 saturated carbocycles. The summed E-state index contributed by atoms with van der Waals surface area (Å²) in [6.45, 7) is 5.79. The summed E-state index contributed by atoms with van der Waals surface area (Å²) in [6.07, 6.45) is 2.76. The molecule has 0 unspecified atom stereocenters. The third-order valence-electron chi connectivity index (χ3n) is 3.42. The van der Waals surface area contributed by atoms with E-state index in [1.165, 1.54) is 0 Å². The Morgan fingerprint density at radius 2 is 2.00 bits per heavy atom. The molecule has 0 fully saturated rings. The minimum absolute atomic E-state index is 0.185. The molecule has 0 saturated heterocycles. The fraction of sp³-hybridized carbons (Fsp3) is 0.556. The summed E-state index contributed by atoms with van der Waals surface area (Å²) in [7, 11) is 0. The molecule has 1 atom stereocenters. The highest BCUT2D eigenvalue weighted by Gasteiger charge is 2.21. The summed E-state index contributed by atoms with van der Waals surface area (Å²) in [5.74, 6) is -0.842. The van der Waals surface area contributed by atoms with Crippen LogP contribution in [-0.2, 0) is 9.53 Å². The number of pyridine rings is 1. The zero-order valence-electron chi connectivity index (χ0n) is 15.7. The van der Waals surface area contributed by atoms with Crippen molar-refractivity contribution in [1.29, 1.82) is 0 Å². The van der Waals surface area contributed by atoms with Crippen molar-refractivity contribution >= 4 is 45.3 Å². The van der Waals surface area contributed by atoms with Gasteiger partial charge < -0.3 is 15.4 Å². The van der Waals surface area contributed by atoms with Crippen LogP contribution in [0.5, 0.6) is 0 Å². The SMILES string of the molecule is CC(C)(C)OC(=O)NCCCC[C@H](NC(=O)c1cccnc1Br)C(=O)CCl. The summed E-state index contributed by atoms with van der Waals surface area (Å²) in [5.41, 5.74) is -0.205. The lowest BCUT2D eigenvalue weighted by Crippen LogP contribution is -2.41. The number of unbranched alkanes of at least 4 members (excludes halogenated alkanes) is 1. The first-order valence-corrected chi connectivity index (χ1v) is 9.93. The smallest absolute Gasteiger partial charge is 0.407 e. The number of ketones is 1. The van der Waals surface area contributed by atoms with E-state index in [-0.39, 0.29) is 11.7 Å². The van der Waals surface area contributed by atoms with Crippen molar-refractivity contribution in [2.45, 2.75) is 51.7 Å². The monoisotopic (exact) mass is 461 g/mol. The van der Waals surface area contributed by atoms with E-state index in [0.717, 1.165) is 0 Å². The average molecular weight is 463 g/mol. The predicted molar refractivity (Wildman–Crippen MR) is 107 cm³/mol. The predicted octanol–water partition coefficient (Wildman–Crippen LogP) is 3.45. The standard InChI is InChI=1S/C18H25BrClN3O4/c1-18(2,3)27-17(26)22-9-5-4-8-13(14(24)11-20)23-16(25)12-7-6-10-21-15(12)19/h6-7,10,13H,4-5,8-9,11H2,1-3H3,(H,22,26)(H,23,25)/t13-/m0/s1. The van der Waals surface area contributed by atoms with E-state index in [1.54, 1.807) is 39.1 Å². The Bertz CT molecular complexity index is 664. The van der Waals surface area contributed by atoms with Crippen LogP contribution in [0, 0.1) is 0 Å². The Morgan fingerprint density at radius 1 is 1.30 bits per heavy atom. The minimum Gasteiger partial charge on any atom is -0.444 e. The average Bonchev–Trinajstić information content (AvgIpc) is 2.58. The molecule has 1 heterocycles. The molecule has 1 aromatic rings. The summed E-state index contributed by atoms with van der Waals surface area (Å²) in [5, 5.41) is 5.36. The summed E-state index contributed by atoms with van der Waals surface area (Å²) < 4.78 is 5.55. The number of nitrogens with one attached hydrogen (secondary N) is 2. The van der Waals surface area contributed by atoms with Crippen LogP contribution in [0.25, 0.3) is 0 Å². The van der Waals surface area contributed by atoms with Crippen LogP contribution in [-0.4, -0.2) is 46.8 Å². The molecule has 0 aliphatic heterocycles. The Kier molecular flexibility index (Phi) is 9.73. The summed E-state index contributed by atoms with van der Waals surface area (Å²) >= 11 is 8.87. The van der Waals surface area contributed by atoms with Crippen molar-refractivity contribution < 1.29 is 19.1 Å². The first kappa shape index (κ1) is 23.4. The molecule has 9 heteroatoms. The second-order valence-corrected chi connectivity index (χ2v) is 7.91. The van der Waals surface area contributed by atoms with Gasteiger partial charge in [-0.3, -0.25) is 9.59 Å². The Balaban J connectivity index is 2.47.